The standard InChI is InChI=1S/C18H18F2N2O4/c19-18(20)26-12-7-5-11(6-8-12)21-15(23)9-10-22-16(24)13-3-1-2-4-14(13)17(22)25/h1-2,5-8,13-14,18H,3-4,9-10H2,(H,21,23)/t13-,14+. The van der Waals surface area contributed by atoms with Crippen molar-refractivity contribution in [2.24, 2.45) is 11.8 Å². The molecule has 26 heavy (non-hydrogen) atoms. The molecule has 6 nitrogen and oxygen atoms in total. The number of amides is 3. The molecule has 1 aromatic carbocycles. The number of anilines is 1. The first-order chi connectivity index (χ1) is 12.5. The minimum Gasteiger partial charge on any atom is -0.435 e. The lowest BCUT2D eigenvalue weighted by Gasteiger charge is -2.14. The van der Waals surface area contributed by atoms with Gasteiger partial charge in [0, 0.05) is 18.7 Å². The highest BCUT2D eigenvalue weighted by atomic mass is 19.3. The van der Waals surface area contributed by atoms with Crippen molar-refractivity contribution in [2.75, 3.05) is 11.9 Å². The van der Waals surface area contributed by atoms with E-state index < -0.39 is 6.61 Å². The van der Waals surface area contributed by atoms with Crippen molar-refractivity contribution in [3.63, 3.8) is 0 Å². The molecule has 0 bridgehead atoms. The average Bonchev–Trinajstić information content (AvgIpc) is 2.86. The van der Waals surface area contributed by atoms with E-state index in [4.69, 9.17) is 0 Å². The fourth-order valence-corrected chi connectivity index (χ4v) is 3.25. The fourth-order valence-electron chi connectivity index (χ4n) is 3.25. The number of hydrogen-bond donors (Lipinski definition) is 1. The summed E-state index contributed by atoms with van der Waals surface area (Å²) in [6.45, 7) is -2.88. The Kier molecular flexibility index (Phi) is 5.29. The van der Waals surface area contributed by atoms with Crippen LogP contribution in [0.3, 0.4) is 0 Å². The Hall–Kier alpha value is -2.77. The van der Waals surface area contributed by atoms with Crippen molar-refractivity contribution in [1.29, 1.82) is 0 Å². The van der Waals surface area contributed by atoms with E-state index in [9.17, 15) is 23.2 Å². The largest absolute Gasteiger partial charge is 0.435 e. The van der Waals surface area contributed by atoms with E-state index in [-0.39, 0.29) is 48.3 Å². The molecule has 2 atom stereocenters. The molecule has 3 rings (SSSR count). The van der Waals surface area contributed by atoms with Gasteiger partial charge in [0.05, 0.1) is 11.8 Å². The molecule has 1 aliphatic heterocycles. The Bertz CT molecular complexity index is 707. The highest BCUT2D eigenvalue weighted by Crippen LogP contribution is 2.35. The molecule has 0 saturated carbocycles. The number of allylic oxidation sites excluding steroid dienone is 2. The number of rotatable bonds is 6. The predicted molar refractivity (Wildman–Crippen MR) is 88.4 cm³/mol. The number of halogens is 2. The number of alkyl halides is 2. The average molecular weight is 364 g/mol. The summed E-state index contributed by atoms with van der Waals surface area (Å²) >= 11 is 0. The number of likely N-dealkylation sites (tertiary alicyclic amines) is 1. The van der Waals surface area contributed by atoms with Gasteiger partial charge in [0.1, 0.15) is 5.75 Å². The predicted octanol–water partition coefficient (Wildman–Crippen LogP) is 2.57. The Balaban J connectivity index is 1.51. The highest BCUT2D eigenvalue weighted by molar-refractivity contribution is 6.05. The first kappa shape index (κ1) is 18.0. The number of fused-ring (bicyclic) bond motifs is 1. The number of ether oxygens (including phenoxy) is 1. The molecule has 0 radical (unpaired) electrons. The minimum absolute atomic E-state index is 0.0116. The molecule has 1 N–H and O–H groups in total. The van der Waals surface area contributed by atoms with E-state index in [1.807, 2.05) is 12.2 Å². The van der Waals surface area contributed by atoms with Crippen molar-refractivity contribution in [3.05, 3.63) is 36.4 Å². The summed E-state index contributed by atoms with van der Waals surface area (Å²) in [4.78, 5) is 37.8. The molecule has 3 amide bonds. The number of carbonyl (C=O) groups is 3. The van der Waals surface area contributed by atoms with Gasteiger partial charge in [-0.2, -0.15) is 8.78 Å². The molecule has 1 heterocycles. The van der Waals surface area contributed by atoms with Gasteiger partial charge in [0.2, 0.25) is 17.7 Å². The van der Waals surface area contributed by atoms with Gasteiger partial charge in [-0.3, -0.25) is 19.3 Å². The maximum Gasteiger partial charge on any atom is 0.387 e. The first-order valence-corrected chi connectivity index (χ1v) is 8.30. The molecule has 1 fully saturated rings. The zero-order valence-electron chi connectivity index (χ0n) is 13.9. The van der Waals surface area contributed by atoms with Crippen molar-refractivity contribution in [2.45, 2.75) is 25.9 Å². The van der Waals surface area contributed by atoms with Crippen LogP contribution in [0.25, 0.3) is 0 Å². The summed E-state index contributed by atoms with van der Waals surface area (Å²) in [7, 11) is 0. The van der Waals surface area contributed by atoms with E-state index in [1.165, 1.54) is 29.2 Å². The Morgan fingerprint density at radius 2 is 1.69 bits per heavy atom. The van der Waals surface area contributed by atoms with Crippen LogP contribution in [0.2, 0.25) is 0 Å². The number of imide groups is 1. The van der Waals surface area contributed by atoms with Gasteiger partial charge in [-0.05, 0) is 37.1 Å². The molecular weight excluding hydrogens is 346 g/mol. The van der Waals surface area contributed by atoms with Crippen molar-refractivity contribution < 1.29 is 27.9 Å². The van der Waals surface area contributed by atoms with E-state index >= 15 is 0 Å². The van der Waals surface area contributed by atoms with Gasteiger partial charge in [0.25, 0.3) is 0 Å². The Labute approximate surface area is 148 Å². The maximum absolute atomic E-state index is 12.3. The number of benzene rings is 1. The van der Waals surface area contributed by atoms with Crippen molar-refractivity contribution in [3.8, 4) is 5.75 Å². The van der Waals surface area contributed by atoms with Crippen LogP contribution in [0.4, 0.5) is 14.5 Å². The van der Waals surface area contributed by atoms with Crippen LogP contribution < -0.4 is 10.1 Å². The van der Waals surface area contributed by atoms with E-state index in [2.05, 4.69) is 10.1 Å². The van der Waals surface area contributed by atoms with Gasteiger partial charge in [-0.25, -0.2) is 0 Å². The Morgan fingerprint density at radius 1 is 1.12 bits per heavy atom. The van der Waals surface area contributed by atoms with Gasteiger partial charge in [0.15, 0.2) is 0 Å². The summed E-state index contributed by atoms with van der Waals surface area (Å²) in [6, 6.07) is 5.49. The molecule has 2 aliphatic rings. The smallest absolute Gasteiger partial charge is 0.387 e. The lowest BCUT2D eigenvalue weighted by atomic mass is 9.85. The molecule has 0 unspecified atom stereocenters. The number of nitrogens with zero attached hydrogens (tertiary/aromatic N) is 1. The summed E-state index contributed by atoms with van der Waals surface area (Å²) in [5.41, 5.74) is 0.411. The second-order valence-electron chi connectivity index (χ2n) is 6.18. The zero-order chi connectivity index (χ0) is 18.7. The number of nitrogens with one attached hydrogen (secondary N) is 1. The van der Waals surface area contributed by atoms with Crippen LogP contribution in [0, 0.1) is 11.8 Å². The second kappa shape index (κ2) is 7.63. The van der Waals surface area contributed by atoms with Gasteiger partial charge < -0.3 is 10.1 Å². The van der Waals surface area contributed by atoms with Crippen LogP contribution in [0.1, 0.15) is 19.3 Å². The zero-order valence-corrected chi connectivity index (χ0v) is 13.9. The summed E-state index contributed by atoms with van der Waals surface area (Å²) in [5.74, 6) is -1.43. The molecule has 138 valence electrons. The third-order valence-corrected chi connectivity index (χ3v) is 4.52. The van der Waals surface area contributed by atoms with E-state index in [1.54, 1.807) is 0 Å². The van der Waals surface area contributed by atoms with Crippen molar-refractivity contribution >= 4 is 23.4 Å². The normalized spacial score (nSPS) is 21.9. The summed E-state index contributed by atoms with van der Waals surface area (Å²) in [5, 5.41) is 2.60. The highest BCUT2D eigenvalue weighted by Gasteiger charge is 2.46. The van der Waals surface area contributed by atoms with E-state index in [0.29, 0.717) is 18.5 Å². The first-order valence-electron chi connectivity index (χ1n) is 8.30. The molecular formula is C18H18F2N2O4. The minimum atomic E-state index is -2.91. The quantitative estimate of drug-likeness (QED) is 0.622. The van der Waals surface area contributed by atoms with Crippen LogP contribution in [0.5, 0.6) is 5.75 Å². The van der Waals surface area contributed by atoms with Gasteiger partial charge in [-0.1, -0.05) is 12.2 Å². The molecule has 8 heteroatoms. The second-order valence-corrected chi connectivity index (χ2v) is 6.18. The third-order valence-electron chi connectivity index (χ3n) is 4.52. The van der Waals surface area contributed by atoms with Crippen LogP contribution in [0.15, 0.2) is 36.4 Å². The Morgan fingerprint density at radius 3 is 2.23 bits per heavy atom. The van der Waals surface area contributed by atoms with E-state index in [0.717, 1.165) is 0 Å². The SMILES string of the molecule is O=C(CCN1C(=O)[C@H]2CC=CC[C@H]2C1=O)Nc1ccc(OC(F)F)cc1. The lowest BCUT2D eigenvalue weighted by Crippen LogP contribution is -2.34. The lowest BCUT2D eigenvalue weighted by molar-refractivity contribution is -0.140. The molecule has 1 aliphatic carbocycles. The molecule has 0 spiro atoms. The van der Waals surface area contributed by atoms with Crippen LogP contribution in [-0.2, 0) is 14.4 Å². The molecule has 1 saturated heterocycles. The van der Waals surface area contributed by atoms with Crippen LogP contribution >= 0.6 is 0 Å². The topological polar surface area (TPSA) is 75.7 Å². The number of carbonyl (C=O) groups excluding carboxylic acids is 3. The summed E-state index contributed by atoms with van der Waals surface area (Å²) in [6.07, 6.45) is 4.91. The van der Waals surface area contributed by atoms with Crippen molar-refractivity contribution in [1.82, 2.24) is 4.90 Å². The molecule has 1 aromatic rings. The van der Waals surface area contributed by atoms with Gasteiger partial charge in [-0.15, -0.1) is 0 Å². The summed E-state index contributed by atoms with van der Waals surface area (Å²) < 4.78 is 28.4. The number of hydrogen-bond acceptors (Lipinski definition) is 4. The maximum atomic E-state index is 12.3. The monoisotopic (exact) mass is 364 g/mol. The third kappa shape index (κ3) is 3.89. The van der Waals surface area contributed by atoms with Gasteiger partial charge >= 0.3 is 6.61 Å². The molecule has 0 aromatic heterocycles. The fraction of sp³-hybridized carbons (Fsp3) is 0.389. The van der Waals surface area contributed by atoms with Crippen LogP contribution in [-0.4, -0.2) is 35.8 Å².